The van der Waals surface area contributed by atoms with Gasteiger partial charge in [0, 0.05) is 18.2 Å². The molecule has 6 heteroatoms. The van der Waals surface area contributed by atoms with E-state index in [2.05, 4.69) is 33.0 Å². The van der Waals surface area contributed by atoms with Crippen molar-refractivity contribution in [1.82, 2.24) is 5.32 Å². The predicted octanol–water partition coefficient (Wildman–Crippen LogP) is 3.15. The van der Waals surface area contributed by atoms with Crippen LogP contribution in [0.25, 0.3) is 0 Å². The molecule has 1 N–H and O–H groups in total. The number of benzene rings is 1. The molecule has 1 aromatic carbocycles. The molecule has 0 bridgehead atoms. The molecule has 1 amide bonds. The Morgan fingerprint density at radius 3 is 2.33 bits per heavy atom. The van der Waals surface area contributed by atoms with Crippen LogP contribution in [0, 0.1) is 32.7 Å². The van der Waals surface area contributed by atoms with Gasteiger partial charge in [-0.15, -0.1) is 0 Å². The van der Waals surface area contributed by atoms with Gasteiger partial charge in [0.05, 0.1) is 4.92 Å². The summed E-state index contributed by atoms with van der Waals surface area (Å²) < 4.78 is 13.5. The first-order valence-corrected chi connectivity index (χ1v) is 6.81. The Labute approximate surface area is 122 Å². The van der Waals surface area contributed by atoms with E-state index in [9.17, 15) is 19.3 Å². The molecule has 2 rings (SSSR count). The fourth-order valence-corrected chi connectivity index (χ4v) is 2.94. The number of carbonyl (C=O) groups excluding carboxylic acids is 1. The number of carbonyl (C=O) groups is 1. The molecule has 0 heterocycles. The van der Waals surface area contributed by atoms with Crippen LogP contribution in [0.5, 0.6) is 0 Å². The summed E-state index contributed by atoms with van der Waals surface area (Å²) in [5.74, 6) is -1.06. The van der Waals surface area contributed by atoms with Crippen LogP contribution in [0.2, 0.25) is 0 Å². The fourth-order valence-electron chi connectivity index (χ4n) is 2.94. The lowest BCUT2D eigenvalue weighted by Gasteiger charge is -2.06. The van der Waals surface area contributed by atoms with E-state index in [0.717, 1.165) is 12.1 Å². The topological polar surface area (TPSA) is 72.2 Å². The SMILES string of the molecule is CC1(C)C(CNC(=O)c2ccc([N+](=O)[O-])c(F)c2)C1(C)C. The largest absolute Gasteiger partial charge is 0.352 e. The first-order valence-electron chi connectivity index (χ1n) is 6.81. The normalized spacial score (nSPS) is 19.1. The zero-order chi connectivity index (χ0) is 16.0. The van der Waals surface area contributed by atoms with E-state index >= 15 is 0 Å². The van der Waals surface area contributed by atoms with Crippen LogP contribution in [0.3, 0.4) is 0 Å². The third-order valence-corrected chi connectivity index (χ3v) is 5.19. The van der Waals surface area contributed by atoms with Gasteiger partial charge in [-0.3, -0.25) is 14.9 Å². The molecule has 0 saturated heterocycles. The summed E-state index contributed by atoms with van der Waals surface area (Å²) in [7, 11) is 0. The van der Waals surface area contributed by atoms with Gasteiger partial charge in [-0.05, 0) is 28.9 Å². The third-order valence-electron chi connectivity index (χ3n) is 5.19. The second kappa shape index (κ2) is 4.79. The molecule has 1 fully saturated rings. The minimum Gasteiger partial charge on any atom is -0.352 e. The maximum absolute atomic E-state index is 13.5. The van der Waals surface area contributed by atoms with Crippen molar-refractivity contribution in [3.8, 4) is 0 Å². The molecule has 0 aliphatic heterocycles. The Morgan fingerprint density at radius 2 is 1.90 bits per heavy atom. The van der Waals surface area contributed by atoms with Crippen LogP contribution < -0.4 is 5.32 Å². The van der Waals surface area contributed by atoms with E-state index in [1.807, 2.05) is 0 Å². The molecule has 1 aliphatic carbocycles. The Hall–Kier alpha value is -1.98. The van der Waals surface area contributed by atoms with Crippen molar-refractivity contribution in [1.29, 1.82) is 0 Å². The summed E-state index contributed by atoms with van der Waals surface area (Å²) in [5, 5.41) is 13.3. The van der Waals surface area contributed by atoms with Crippen molar-refractivity contribution in [2.75, 3.05) is 6.54 Å². The molecule has 1 aliphatic rings. The minimum atomic E-state index is -1.00. The van der Waals surface area contributed by atoms with Gasteiger partial charge in [0.2, 0.25) is 5.82 Å². The summed E-state index contributed by atoms with van der Waals surface area (Å²) in [4.78, 5) is 21.7. The monoisotopic (exact) mass is 294 g/mol. The molecule has 1 saturated carbocycles. The second-order valence-corrected chi connectivity index (χ2v) is 6.63. The van der Waals surface area contributed by atoms with Crippen LogP contribution in [0.15, 0.2) is 18.2 Å². The smallest absolute Gasteiger partial charge is 0.304 e. The van der Waals surface area contributed by atoms with E-state index in [0.29, 0.717) is 12.5 Å². The maximum Gasteiger partial charge on any atom is 0.304 e. The molecule has 0 radical (unpaired) electrons. The first-order chi connectivity index (χ1) is 9.59. The highest BCUT2D eigenvalue weighted by molar-refractivity contribution is 5.94. The summed E-state index contributed by atoms with van der Waals surface area (Å²) >= 11 is 0. The van der Waals surface area contributed by atoms with Gasteiger partial charge < -0.3 is 5.32 Å². The number of hydrogen-bond donors (Lipinski definition) is 1. The number of amides is 1. The van der Waals surface area contributed by atoms with E-state index in [-0.39, 0.29) is 16.4 Å². The van der Waals surface area contributed by atoms with Crippen molar-refractivity contribution < 1.29 is 14.1 Å². The molecule has 0 atom stereocenters. The second-order valence-electron chi connectivity index (χ2n) is 6.63. The molecular weight excluding hydrogens is 275 g/mol. The van der Waals surface area contributed by atoms with Crippen molar-refractivity contribution in [3.05, 3.63) is 39.7 Å². The summed E-state index contributed by atoms with van der Waals surface area (Å²) in [6, 6.07) is 3.17. The fraction of sp³-hybridized carbons (Fsp3) is 0.533. The Morgan fingerprint density at radius 1 is 1.33 bits per heavy atom. The third kappa shape index (κ3) is 2.50. The van der Waals surface area contributed by atoms with E-state index in [4.69, 9.17) is 0 Å². The van der Waals surface area contributed by atoms with Crippen LogP contribution in [0.4, 0.5) is 10.1 Å². The van der Waals surface area contributed by atoms with Crippen molar-refractivity contribution >= 4 is 11.6 Å². The Bertz CT molecular complexity index is 597. The van der Waals surface area contributed by atoms with Crippen molar-refractivity contribution in [2.24, 2.45) is 16.7 Å². The van der Waals surface area contributed by atoms with Gasteiger partial charge >= 0.3 is 5.69 Å². The van der Waals surface area contributed by atoms with Crippen LogP contribution in [-0.4, -0.2) is 17.4 Å². The Balaban J connectivity index is 2.02. The standard InChI is InChI=1S/C15H19FN2O3/c1-14(2)12(15(14,3)4)8-17-13(19)9-5-6-11(18(20)21)10(16)7-9/h5-7,12H,8H2,1-4H3,(H,17,19). The molecule has 0 aromatic heterocycles. The summed E-state index contributed by atoms with van der Waals surface area (Å²) in [6.07, 6.45) is 0. The zero-order valence-corrected chi connectivity index (χ0v) is 12.6. The minimum absolute atomic E-state index is 0.0920. The highest BCUT2D eigenvalue weighted by atomic mass is 19.1. The van der Waals surface area contributed by atoms with Gasteiger partial charge in [-0.2, -0.15) is 4.39 Å². The molecule has 114 valence electrons. The molecule has 1 aromatic rings. The number of nitro benzene ring substituents is 1. The first kappa shape index (κ1) is 15.4. The lowest BCUT2D eigenvalue weighted by molar-refractivity contribution is -0.387. The van der Waals surface area contributed by atoms with E-state index in [1.165, 1.54) is 6.07 Å². The molecule has 5 nitrogen and oxygen atoms in total. The average Bonchev–Trinajstić information content (AvgIpc) is 2.76. The highest BCUT2D eigenvalue weighted by Gasteiger charge is 2.64. The average molecular weight is 294 g/mol. The maximum atomic E-state index is 13.5. The van der Waals surface area contributed by atoms with Gasteiger partial charge in [0.1, 0.15) is 0 Å². The quantitative estimate of drug-likeness (QED) is 0.685. The molecule has 0 spiro atoms. The number of rotatable bonds is 4. The highest BCUT2D eigenvalue weighted by Crippen LogP contribution is 2.67. The van der Waals surface area contributed by atoms with Gasteiger partial charge in [-0.25, -0.2) is 0 Å². The predicted molar refractivity (Wildman–Crippen MR) is 76.4 cm³/mol. The van der Waals surface area contributed by atoms with Gasteiger partial charge in [0.15, 0.2) is 0 Å². The number of halogens is 1. The zero-order valence-electron chi connectivity index (χ0n) is 12.6. The van der Waals surface area contributed by atoms with Crippen LogP contribution in [0.1, 0.15) is 38.1 Å². The van der Waals surface area contributed by atoms with Crippen LogP contribution >= 0.6 is 0 Å². The van der Waals surface area contributed by atoms with E-state index < -0.39 is 22.3 Å². The van der Waals surface area contributed by atoms with E-state index in [1.54, 1.807) is 0 Å². The number of hydrogen-bond acceptors (Lipinski definition) is 3. The molecule has 0 unspecified atom stereocenters. The van der Waals surface area contributed by atoms with Gasteiger partial charge in [-0.1, -0.05) is 27.7 Å². The van der Waals surface area contributed by atoms with Crippen LogP contribution in [-0.2, 0) is 0 Å². The van der Waals surface area contributed by atoms with Crippen molar-refractivity contribution in [3.63, 3.8) is 0 Å². The number of nitro groups is 1. The van der Waals surface area contributed by atoms with Crippen molar-refractivity contribution in [2.45, 2.75) is 27.7 Å². The summed E-state index contributed by atoms with van der Waals surface area (Å²) in [5.41, 5.74) is -0.229. The summed E-state index contributed by atoms with van der Waals surface area (Å²) in [6.45, 7) is 9.10. The Kier molecular flexibility index (Phi) is 3.51. The number of nitrogens with zero attached hydrogens (tertiary/aromatic N) is 1. The van der Waals surface area contributed by atoms with Gasteiger partial charge in [0.25, 0.3) is 5.91 Å². The molecular formula is C15H19FN2O3. The number of nitrogens with one attached hydrogen (secondary N) is 1. The lowest BCUT2D eigenvalue weighted by atomic mass is 10.0. The molecule has 21 heavy (non-hydrogen) atoms. The lowest BCUT2D eigenvalue weighted by Crippen LogP contribution is -2.27.